The maximum Gasteiger partial charge on any atom is 0.133 e. The van der Waals surface area contributed by atoms with Crippen LogP contribution in [0.25, 0.3) is 0 Å². The number of hydrogen-bond acceptors (Lipinski definition) is 4. The number of aromatic nitrogens is 2. The minimum atomic E-state index is 0.269. The van der Waals surface area contributed by atoms with Crippen LogP contribution < -0.4 is 10.2 Å². The van der Waals surface area contributed by atoms with Crippen molar-refractivity contribution in [3.8, 4) is 0 Å². The van der Waals surface area contributed by atoms with Crippen molar-refractivity contribution in [1.29, 1.82) is 0 Å². The molecule has 4 nitrogen and oxygen atoms in total. The molecule has 3 rings (SSSR count). The molecular formula is C17H28N4. The third-order valence-corrected chi connectivity index (χ3v) is 5.33. The summed E-state index contributed by atoms with van der Waals surface area (Å²) in [6.45, 7) is 6.52. The molecule has 1 aliphatic carbocycles. The second kappa shape index (κ2) is 5.91. The van der Waals surface area contributed by atoms with E-state index in [9.17, 15) is 0 Å². The Morgan fingerprint density at radius 1 is 1.29 bits per heavy atom. The van der Waals surface area contributed by atoms with E-state index in [4.69, 9.17) is 4.98 Å². The standard InChI is InChI=1S/C17H28N4/c1-11-9-14-7-5-6-8-16(14)21(11)17-10-15(12(2)18-4)19-13(3)20-17/h10-12,14,16,18H,5-9H2,1-4H3. The fraction of sp³-hybridized carbons (Fsp3) is 0.765. The summed E-state index contributed by atoms with van der Waals surface area (Å²) in [6.07, 6.45) is 6.83. The summed E-state index contributed by atoms with van der Waals surface area (Å²) in [5.74, 6) is 2.90. The number of anilines is 1. The molecular weight excluding hydrogens is 260 g/mol. The maximum atomic E-state index is 4.76. The molecule has 0 amide bonds. The lowest BCUT2D eigenvalue weighted by Gasteiger charge is -2.34. The quantitative estimate of drug-likeness (QED) is 0.927. The molecule has 2 aliphatic rings. The molecule has 1 aromatic rings. The van der Waals surface area contributed by atoms with Gasteiger partial charge in [0.25, 0.3) is 0 Å². The number of nitrogens with zero attached hydrogens (tertiary/aromatic N) is 3. The number of aryl methyl sites for hydroxylation is 1. The van der Waals surface area contributed by atoms with Crippen LogP contribution in [-0.4, -0.2) is 29.1 Å². The molecule has 0 spiro atoms. The zero-order chi connectivity index (χ0) is 15.0. The summed E-state index contributed by atoms with van der Waals surface area (Å²) in [5, 5.41) is 3.28. The maximum absolute atomic E-state index is 4.76. The van der Waals surface area contributed by atoms with Crippen molar-refractivity contribution < 1.29 is 0 Å². The first-order valence-corrected chi connectivity index (χ1v) is 8.41. The van der Waals surface area contributed by atoms with E-state index < -0.39 is 0 Å². The number of rotatable bonds is 3. The summed E-state index contributed by atoms with van der Waals surface area (Å²) in [6, 6.07) is 3.76. The van der Waals surface area contributed by atoms with Crippen LogP contribution >= 0.6 is 0 Å². The smallest absolute Gasteiger partial charge is 0.133 e. The highest BCUT2D eigenvalue weighted by Gasteiger charge is 2.40. The van der Waals surface area contributed by atoms with Gasteiger partial charge in [-0.25, -0.2) is 9.97 Å². The Labute approximate surface area is 128 Å². The minimum absolute atomic E-state index is 0.269. The van der Waals surface area contributed by atoms with Crippen molar-refractivity contribution in [2.75, 3.05) is 11.9 Å². The Bertz CT molecular complexity index is 502. The molecule has 116 valence electrons. The van der Waals surface area contributed by atoms with Crippen LogP contribution in [0.3, 0.4) is 0 Å². The van der Waals surface area contributed by atoms with E-state index in [2.05, 4.69) is 35.1 Å². The molecule has 0 aromatic carbocycles. The molecule has 4 heteroatoms. The Morgan fingerprint density at radius 2 is 2.05 bits per heavy atom. The van der Waals surface area contributed by atoms with Crippen LogP contribution in [0.15, 0.2) is 6.07 Å². The monoisotopic (exact) mass is 288 g/mol. The van der Waals surface area contributed by atoms with Crippen molar-refractivity contribution in [3.63, 3.8) is 0 Å². The average Bonchev–Trinajstić information content (AvgIpc) is 2.81. The van der Waals surface area contributed by atoms with Gasteiger partial charge in [0.1, 0.15) is 11.6 Å². The highest BCUT2D eigenvalue weighted by Crippen LogP contribution is 2.41. The minimum Gasteiger partial charge on any atom is -0.351 e. The molecule has 1 aliphatic heterocycles. The first-order chi connectivity index (χ1) is 10.1. The number of nitrogens with one attached hydrogen (secondary N) is 1. The van der Waals surface area contributed by atoms with E-state index >= 15 is 0 Å². The van der Waals surface area contributed by atoms with Gasteiger partial charge in [0.15, 0.2) is 0 Å². The van der Waals surface area contributed by atoms with Crippen molar-refractivity contribution in [1.82, 2.24) is 15.3 Å². The highest BCUT2D eigenvalue weighted by atomic mass is 15.3. The largest absolute Gasteiger partial charge is 0.351 e. The fourth-order valence-corrected chi connectivity index (χ4v) is 4.18. The Morgan fingerprint density at radius 3 is 2.81 bits per heavy atom. The molecule has 2 fully saturated rings. The van der Waals surface area contributed by atoms with Gasteiger partial charge in [-0.05, 0) is 53.0 Å². The SMILES string of the molecule is CNC(C)c1cc(N2C(C)CC3CCCCC32)nc(C)n1. The summed E-state index contributed by atoms with van der Waals surface area (Å²) >= 11 is 0. The van der Waals surface area contributed by atoms with Gasteiger partial charge in [-0.1, -0.05) is 12.8 Å². The second-order valence-corrected chi connectivity index (χ2v) is 6.81. The Hall–Kier alpha value is -1.16. The van der Waals surface area contributed by atoms with E-state index in [1.54, 1.807) is 0 Å². The van der Waals surface area contributed by atoms with E-state index in [1.165, 1.54) is 32.1 Å². The molecule has 1 N–H and O–H groups in total. The predicted molar refractivity (Wildman–Crippen MR) is 86.5 cm³/mol. The van der Waals surface area contributed by atoms with Gasteiger partial charge in [-0.2, -0.15) is 0 Å². The lowest BCUT2D eigenvalue weighted by molar-refractivity contribution is 0.341. The van der Waals surface area contributed by atoms with Gasteiger partial charge in [0.05, 0.1) is 5.69 Å². The van der Waals surface area contributed by atoms with E-state index in [0.29, 0.717) is 12.1 Å². The van der Waals surface area contributed by atoms with Crippen LogP contribution in [0.2, 0.25) is 0 Å². The normalized spacial score (nSPS) is 30.3. The molecule has 1 saturated carbocycles. The first kappa shape index (κ1) is 14.8. The van der Waals surface area contributed by atoms with Crippen molar-refractivity contribution in [2.24, 2.45) is 5.92 Å². The zero-order valence-corrected chi connectivity index (χ0v) is 13.8. The number of hydrogen-bond donors (Lipinski definition) is 1. The van der Waals surface area contributed by atoms with Gasteiger partial charge in [-0.3, -0.25) is 0 Å². The van der Waals surface area contributed by atoms with Crippen LogP contribution in [0.5, 0.6) is 0 Å². The van der Waals surface area contributed by atoms with Crippen LogP contribution in [0.4, 0.5) is 5.82 Å². The topological polar surface area (TPSA) is 41.0 Å². The van der Waals surface area contributed by atoms with Crippen LogP contribution in [0, 0.1) is 12.8 Å². The van der Waals surface area contributed by atoms with Gasteiger partial charge in [0.2, 0.25) is 0 Å². The molecule has 4 unspecified atom stereocenters. The molecule has 1 saturated heterocycles. The average molecular weight is 288 g/mol. The van der Waals surface area contributed by atoms with E-state index in [1.807, 2.05) is 14.0 Å². The highest BCUT2D eigenvalue weighted by molar-refractivity contribution is 5.45. The van der Waals surface area contributed by atoms with E-state index in [0.717, 1.165) is 23.3 Å². The van der Waals surface area contributed by atoms with Crippen LogP contribution in [0.1, 0.15) is 63.5 Å². The van der Waals surface area contributed by atoms with E-state index in [-0.39, 0.29) is 6.04 Å². The van der Waals surface area contributed by atoms with Crippen LogP contribution in [-0.2, 0) is 0 Å². The van der Waals surface area contributed by atoms with Gasteiger partial charge < -0.3 is 10.2 Å². The Balaban J connectivity index is 1.93. The van der Waals surface area contributed by atoms with Crippen molar-refractivity contribution >= 4 is 5.82 Å². The molecule has 0 radical (unpaired) electrons. The molecule has 0 bridgehead atoms. The summed E-state index contributed by atoms with van der Waals surface area (Å²) in [7, 11) is 1.98. The molecule has 21 heavy (non-hydrogen) atoms. The zero-order valence-electron chi connectivity index (χ0n) is 13.8. The van der Waals surface area contributed by atoms with Gasteiger partial charge >= 0.3 is 0 Å². The Kier molecular flexibility index (Phi) is 4.16. The van der Waals surface area contributed by atoms with Crippen molar-refractivity contribution in [3.05, 3.63) is 17.6 Å². The third-order valence-electron chi connectivity index (χ3n) is 5.33. The van der Waals surface area contributed by atoms with Crippen molar-refractivity contribution in [2.45, 2.75) is 71.0 Å². The second-order valence-electron chi connectivity index (χ2n) is 6.81. The number of fused-ring (bicyclic) bond motifs is 1. The predicted octanol–water partition coefficient (Wildman–Crippen LogP) is 3.22. The van der Waals surface area contributed by atoms with Gasteiger partial charge in [-0.15, -0.1) is 0 Å². The van der Waals surface area contributed by atoms with Gasteiger partial charge in [0, 0.05) is 24.2 Å². The first-order valence-electron chi connectivity index (χ1n) is 8.41. The molecule has 2 heterocycles. The summed E-state index contributed by atoms with van der Waals surface area (Å²) in [5.41, 5.74) is 1.10. The summed E-state index contributed by atoms with van der Waals surface area (Å²) in [4.78, 5) is 12.0. The fourth-order valence-electron chi connectivity index (χ4n) is 4.18. The molecule has 4 atom stereocenters. The summed E-state index contributed by atoms with van der Waals surface area (Å²) < 4.78 is 0. The third kappa shape index (κ3) is 2.78. The lowest BCUT2D eigenvalue weighted by Crippen LogP contribution is -2.38. The molecule has 1 aromatic heterocycles. The lowest BCUT2D eigenvalue weighted by atomic mass is 9.85.